The van der Waals surface area contributed by atoms with Crippen LogP contribution in [0.5, 0.6) is 5.88 Å². The molecule has 5 heterocycles. The number of hydrogen-bond donors (Lipinski definition) is 1. The van der Waals surface area contributed by atoms with Gasteiger partial charge in [-0.1, -0.05) is 13.0 Å². The molecule has 9 heteroatoms. The normalized spacial score (nSPS) is 22.6. The van der Waals surface area contributed by atoms with E-state index in [-0.39, 0.29) is 17.5 Å². The molecule has 3 aromatic heterocycles. The first-order valence-corrected chi connectivity index (χ1v) is 11.3. The van der Waals surface area contributed by atoms with Crippen LogP contribution in [0.4, 0.5) is 0 Å². The number of ether oxygens (including phenoxy) is 2. The van der Waals surface area contributed by atoms with Gasteiger partial charge in [-0.2, -0.15) is 5.10 Å². The number of aromatic amines is 1. The number of likely N-dealkylation sites (tertiary alicyclic amines) is 1. The van der Waals surface area contributed by atoms with E-state index in [9.17, 15) is 4.79 Å². The highest BCUT2D eigenvalue weighted by Gasteiger charge is 2.33. The molecule has 0 saturated carbocycles. The van der Waals surface area contributed by atoms with E-state index in [1.54, 1.807) is 7.11 Å². The first-order valence-electron chi connectivity index (χ1n) is 11.3. The molecular formula is C23H30N6O3. The van der Waals surface area contributed by atoms with Crippen LogP contribution in [0.3, 0.4) is 0 Å². The molecule has 0 spiro atoms. The minimum absolute atomic E-state index is 0.0918. The number of H-pyrrole nitrogens is 1. The molecule has 32 heavy (non-hydrogen) atoms. The number of nitrogens with zero attached hydrogens (tertiary/aromatic N) is 5. The molecule has 2 aliphatic heterocycles. The molecule has 5 rings (SSSR count). The lowest BCUT2D eigenvalue weighted by atomic mass is 9.97. The molecule has 1 N–H and O–H groups in total. The molecule has 0 radical (unpaired) electrons. The van der Waals surface area contributed by atoms with Gasteiger partial charge in [-0.3, -0.25) is 9.69 Å². The Morgan fingerprint density at radius 3 is 2.78 bits per heavy atom. The van der Waals surface area contributed by atoms with Crippen LogP contribution in [0.1, 0.15) is 48.8 Å². The van der Waals surface area contributed by atoms with Crippen molar-refractivity contribution in [3.63, 3.8) is 0 Å². The van der Waals surface area contributed by atoms with Gasteiger partial charge in [0.1, 0.15) is 11.2 Å². The third-order valence-corrected chi connectivity index (χ3v) is 6.74. The van der Waals surface area contributed by atoms with E-state index in [0.29, 0.717) is 22.8 Å². The topological polar surface area (TPSA) is 98.2 Å². The van der Waals surface area contributed by atoms with Crippen LogP contribution in [0.2, 0.25) is 0 Å². The van der Waals surface area contributed by atoms with Gasteiger partial charge in [-0.05, 0) is 31.2 Å². The fraction of sp³-hybridized carbons (Fsp3) is 0.565. The Balaban J connectivity index is 1.41. The highest BCUT2D eigenvalue weighted by molar-refractivity contribution is 5.77. The van der Waals surface area contributed by atoms with Gasteiger partial charge in [-0.25, -0.2) is 14.6 Å². The number of fused-ring (bicyclic) bond motifs is 1. The van der Waals surface area contributed by atoms with E-state index in [1.807, 2.05) is 29.9 Å². The quantitative estimate of drug-likeness (QED) is 0.653. The summed E-state index contributed by atoms with van der Waals surface area (Å²) in [5.41, 5.74) is 2.49. The number of aryl methyl sites for hydroxylation is 1. The van der Waals surface area contributed by atoms with Crippen molar-refractivity contribution >= 4 is 11.0 Å². The van der Waals surface area contributed by atoms with Crippen molar-refractivity contribution < 1.29 is 9.47 Å². The highest BCUT2D eigenvalue weighted by atomic mass is 16.5. The first-order chi connectivity index (χ1) is 15.5. The Kier molecular flexibility index (Phi) is 5.69. The van der Waals surface area contributed by atoms with Crippen LogP contribution in [-0.4, -0.2) is 63.0 Å². The number of nitrogens with one attached hydrogen (secondary N) is 1. The smallest absolute Gasteiger partial charge is 0.262 e. The Morgan fingerprint density at radius 2 is 2.06 bits per heavy atom. The molecule has 0 bridgehead atoms. The van der Waals surface area contributed by atoms with Crippen molar-refractivity contribution in [2.75, 3.05) is 33.4 Å². The summed E-state index contributed by atoms with van der Waals surface area (Å²) in [7, 11) is 1.62. The molecule has 0 aliphatic carbocycles. The van der Waals surface area contributed by atoms with Crippen molar-refractivity contribution in [1.82, 2.24) is 29.6 Å². The SMILES string of the molecule is COc1ccc(CN2C[C@@H](C)[C@H](c3nc4c(c(C)nn4C4CCOCC4)c(=O)[nH]3)C2)cn1. The maximum absolute atomic E-state index is 13.0. The van der Waals surface area contributed by atoms with Gasteiger partial charge < -0.3 is 14.5 Å². The predicted molar refractivity (Wildman–Crippen MR) is 120 cm³/mol. The fourth-order valence-electron chi connectivity index (χ4n) is 5.02. The minimum Gasteiger partial charge on any atom is -0.481 e. The number of pyridine rings is 1. The molecule has 0 unspecified atom stereocenters. The molecule has 0 aromatic carbocycles. The Labute approximate surface area is 186 Å². The van der Waals surface area contributed by atoms with Gasteiger partial charge in [0.05, 0.1) is 18.8 Å². The van der Waals surface area contributed by atoms with Crippen LogP contribution in [0.25, 0.3) is 11.0 Å². The van der Waals surface area contributed by atoms with Gasteiger partial charge in [0.2, 0.25) is 5.88 Å². The van der Waals surface area contributed by atoms with E-state index in [1.165, 1.54) is 0 Å². The lowest BCUT2D eigenvalue weighted by Crippen LogP contribution is -2.23. The maximum atomic E-state index is 13.0. The van der Waals surface area contributed by atoms with Gasteiger partial charge >= 0.3 is 0 Å². The largest absolute Gasteiger partial charge is 0.481 e. The van der Waals surface area contributed by atoms with Gasteiger partial charge in [-0.15, -0.1) is 0 Å². The van der Waals surface area contributed by atoms with Crippen molar-refractivity contribution in [3.8, 4) is 5.88 Å². The van der Waals surface area contributed by atoms with Crippen LogP contribution >= 0.6 is 0 Å². The molecule has 2 aliphatic rings. The molecule has 2 saturated heterocycles. The lowest BCUT2D eigenvalue weighted by molar-refractivity contribution is 0.0672. The fourth-order valence-corrected chi connectivity index (χ4v) is 5.02. The third kappa shape index (κ3) is 3.91. The summed E-state index contributed by atoms with van der Waals surface area (Å²) in [6, 6.07) is 4.16. The third-order valence-electron chi connectivity index (χ3n) is 6.74. The number of methoxy groups -OCH3 is 1. The molecule has 9 nitrogen and oxygen atoms in total. The summed E-state index contributed by atoms with van der Waals surface area (Å²) in [6.07, 6.45) is 3.64. The second-order valence-electron chi connectivity index (χ2n) is 9.01. The van der Waals surface area contributed by atoms with E-state index >= 15 is 0 Å². The maximum Gasteiger partial charge on any atom is 0.262 e. The average Bonchev–Trinajstić information content (AvgIpc) is 3.34. The van der Waals surface area contributed by atoms with Crippen LogP contribution in [0.15, 0.2) is 23.1 Å². The van der Waals surface area contributed by atoms with Gasteiger partial charge in [0.15, 0.2) is 5.65 Å². The first kappa shape index (κ1) is 21.1. The second kappa shape index (κ2) is 8.63. The van der Waals surface area contributed by atoms with Crippen LogP contribution in [0, 0.1) is 12.8 Å². The summed E-state index contributed by atoms with van der Waals surface area (Å²) in [5, 5.41) is 5.30. The zero-order valence-corrected chi connectivity index (χ0v) is 18.9. The molecule has 2 atom stereocenters. The summed E-state index contributed by atoms with van der Waals surface area (Å²) in [5.74, 6) is 1.92. The summed E-state index contributed by atoms with van der Waals surface area (Å²) in [4.78, 5) is 27.8. The van der Waals surface area contributed by atoms with Crippen molar-refractivity contribution in [2.24, 2.45) is 5.92 Å². The summed E-state index contributed by atoms with van der Waals surface area (Å²) in [6.45, 7) is 8.14. The molecule has 2 fully saturated rings. The number of hydrogen-bond acceptors (Lipinski definition) is 7. The highest BCUT2D eigenvalue weighted by Crippen LogP contribution is 2.32. The minimum atomic E-state index is -0.0918. The predicted octanol–water partition coefficient (Wildman–Crippen LogP) is 2.42. The van der Waals surface area contributed by atoms with Gasteiger partial charge in [0, 0.05) is 51.0 Å². The van der Waals surface area contributed by atoms with Crippen LogP contribution in [-0.2, 0) is 11.3 Å². The van der Waals surface area contributed by atoms with Crippen LogP contribution < -0.4 is 10.3 Å². The molecule has 3 aromatic rings. The molecular weight excluding hydrogens is 408 g/mol. The second-order valence-corrected chi connectivity index (χ2v) is 9.01. The van der Waals surface area contributed by atoms with Crippen molar-refractivity contribution in [1.29, 1.82) is 0 Å². The monoisotopic (exact) mass is 438 g/mol. The molecule has 170 valence electrons. The van der Waals surface area contributed by atoms with E-state index in [2.05, 4.69) is 21.8 Å². The zero-order valence-electron chi connectivity index (χ0n) is 18.9. The lowest BCUT2D eigenvalue weighted by Gasteiger charge is -2.23. The summed E-state index contributed by atoms with van der Waals surface area (Å²) < 4.78 is 12.6. The summed E-state index contributed by atoms with van der Waals surface area (Å²) >= 11 is 0. The van der Waals surface area contributed by atoms with Crippen molar-refractivity contribution in [3.05, 3.63) is 45.8 Å². The van der Waals surface area contributed by atoms with E-state index < -0.39 is 0 Å². The average molecular weight is 439 g/mol. The zero-order chi connectivity index (χ0) is 22.2. The van der Waals surface area contributed by atoms with Crippen molar-refractivity contribution in [2.45, 2.75) is 45.2 Å². The molecule has 0 amide bonds. The number of aromatic nitrogens is 5. The number of rotatable bonds is 5. The van der Waals surface area contributed by atoms with Gasteiger partial charge in [0.25, 0.3) is 5.56 Å². The van der Waals surface area contributed by atoms with E-state index in [4.69, 9.17) is 19.6 Å². The Morgan fingerprint density at radius 1 is 1.25 bits per heavy atom. The Bertz CT molecular complexity index is 1150. The van der Waals surface area contributed by atoms with E-state index in [0.717, 1.165) is 62.8 Å². The Hall–Kier alpha value is -2.78. The standard InChI is InChI=1S/C23H30N6O3/c1-14-11-28(12-16-4-5-19(31-3)24-10-16)13-18(14)21-25-22-20(23(30)26-21)15(2)27-29(22)17-6-8-32-9-7-17/h4-5,10,14,17-18H,6-9,11-13H2,1-3H3,(H,25,26,30)/t14-,18-/m1/s1.